The molecule has 6 fully saturated rings. The molecule has 10 atom stereocenters. The summed E-state index contributed by atoms with van der Waals surface area (Å²) in [6.07, 6.45) is 12.9. The van der Waals surface area contributed by atoms with Crippen molar-refractivity contribution in [3.63, 3.8) is 0 Å². The summed E-state index contributed by atoms with van der Waals surface area (Å²) in [4.78, 5) is 84.3. The van der Waals surface area contributed by atoms with Gasteiger partial charge in [0, 0.05) is 12.1 Å². The van der Waals surface area contributed by atoms with E-state index in [0.29, 0.717) is 24.7 Å². The van der Waals surface area contributed by atoms with E-state index in [-0.39, 0.29) is 72.9 Å². The number of amides is 4. The summed E-state index contributed by atoms with van der Waals surface area (Å²) in [5.74, 6) is -0.0192. The van der Waals surface area contributed by atoms with Crippen molar-refractivity contribution in [2.24, 2.45) is 11.8 Å². The lowest BCUT2D eigenvalue weighted by Gasteiger charge is -2.45. The van der Waals surface area contributed by atoms with Gasteiger partial charge < -0.3 is 29.1 Å². The van der Waals surface area contributed by atoms with E-state index in [9.17, 15) is 28.8 Å². The van der Waals surface area contributed by atoms with Gasteiger partial charge in [-0.1, -0.05) is 52.4 Å². The molecule has 4 saturated heterocycles. The topological polar surface area (TPSA) is 134 Å². The number of fused-ring (bicyclic) bond motifs is 6. The van der Waals surface area contributed by atoms with E-state index in [1.165, 1.54) is 22.6 Å². The number of carbonyl (C=O) groups is 6. The van der Waals surface area contributed by atoms with Crippen molar-refractivity contribution in [3.05, 3.63) is 0 Å². The quantitative estimate of drug-likeness (QED) is 0.310. The maximum Gasteiger partial charge on any atom is 0.328 e. The SMILES string of the molecule is CCC[C@@H](C(=O)OCC)N1C(=O)[C@@H]2C[C@@H]3CCCC[C@@H]3N2C(=O)[C@@H]1C.CCC[C@@H](C(=O)OCC)N1C(=O)[C@@H]2C[C@@H]3CCCC[C@@H]3N2C(=O)[C@@H]1C. The van der Waals surface area contributed by atoms with E-state index < -0.39 is 24.2 Å². The van der Waals surface area contributed by atoms with Gasteiger partial charge >= 0.3 is 11.9 Å². The van der Waals surface area contributed by atoms with E-state index in [1.807, 2.05) is 23.6 Å². The van der Waals surface area contributed by atoms with Gasteiger partial charge in [-0.25, -0.2) is 9.59 Å². The van der Waals surface area contributed by atoms with Crippen molar-refractivity contribution in [1.29, 1.82) is 0 Å². The van der Waals surface area contributed by atoms with Gasteiger partial charge in [-0.05, 0) is 90.9 Å². The van der Waals surface area contributed by atoms with E-state index >= 15 is 0 Å². The molecule has 0 bridgehead atoms. The molecule has 0 aromatic heterocycles. The Balaban J connectivity index is 0.000000194. The van der Waals surface area contributed by atoms with Gasteiger partial charge in [0.2, 0.25) is 23.6 Å². The second kappa shape index (κ2) is 16.4. The highest BCUT2D eigenvalue weighted by molar-refractivity contribution is 6.00. The highest BCUT2D eigenvalue weighted by Crippen LogP contribution is 2.44. The molecule has 0 unspecified atom stereocenters. The first-order chi connectivity index (χ1) is 24.0. The van der Waals surface area contributed by atoms with Gasteiger partial charge in [-0.3, -0.25) is 19.2 Å². The van der Waals surface area contributed by atoms with Gasteiger partial charge in [0.1, 0.15) is 36.3 Å². The third kappa shape index (κ3) is 7.01. The molecule has 50 heavy (non-hydrogen) atoms. The van der Waals surface area contributed by atoms with Gasteiger partial charge in [0.05, 0.1) is 13.2 Å². The summed E-state index contributed by atoms with van der Waals surface area (Å²) in [7, 11) is 0. The van der Waals surface area contributed by atoms with Crippen LogP contribution in [0.1, 0.15) is 131 Å². The average molecular weight is 701 g/mol. The first kappa shape index (κ1) is 38.1. The number of nitrogens with zero attached hydrogens (tertiary/aromatic N) is 4. The summed E-state index contributed by atoms with van der Waals surface area (Å²) in [5, 5.41) is 0. The summed E-state index contributed by atoms with van der Waals surface area (Å²) in [5.41, 5.74) is 0. The van der Waals surface area contributed by atoms with E-state index in [4.69, 9.17) is 9.47 Å². The predicted octanol–water partition coefficient (Wildman–Crippen LogP) is 4.22. The molecule has 2 aliphatic carbocycles. The van der Waals surface area contributed by atoms with Crippen LogP contribution in [0.15, 0.2) is 0 Å². The fourth-order valence-corrected chi connectivity index (χ4v) is 10.0. The van der Waals surface area contributed by atoms with E-state index in [0.717, 1.165) is 64.2 Å². The number of ether oxygens (including phenoxy) is 2. The van der Waals surface area contributed by atoms with Crippen molar-refractivity contribution in [3.8, 4) is 0 Å². The van der Waals surface area contributed by atoms with Crippen LogP contribution >= 0.6 is 0 Å². The Morgan fingerprint density at radius 1 is 0.600 bits per heavy atom. The Morgan fingerprint density at radius 2 is 0.960 bits per heavy atom. The summed E-state index contributed by atoms with van der Waals surface area (Å²) in [6.45, 7) is 11.6. The molecule has 0 radical (unpaired) electrons. The van der Waals surface area contributed by atoms with Crippen molar-refractivity contribution in [1.82, 2.24) is 19.6 Å². The number of hydrogen-bond acceptors (Lipinski definition) is 8. The van der Waals surface area contributed by atoms with Crippen LogP contribution in [0.25, 0.3) is 0 Å². The molecule has 4 heterocycles. The molecule has 6 rings (SSSR count). The summed E-state index contributed by atoms with van der Waals surface area (Å²) >= 11 is 0. The minimum atomic E-state index is -0.652. The summed E-state index contributed by atoms with van der Waals surface area (Å²) in [6, 6.07) is -2.83. The first-order valence-corrected chi connectivity index (χ1v) is 19.6. The smallest absolute Gasteiger partial charge is 0.328 e. The normalized spacial score (nSPS) is 33.1. The Labute approximate surface area is 297 Å². The van der Waals surface area contributed by atoms with Crippen LogP contribution in [-0.2, 0) is 38.2 Å². The molecule has 6 aliphatic rings. The third-order valence-corrected chi connectivity index (χ3v) is 12.2. The molecular formula is C38H60N4O8. The largest absolute Gasteiger partial charge is 0.464 e. The molecule has 0 aromatic rings. The van der Waals surface area contributed by atoms with Crippen LogP contribution < -0.4 is 0 Å². The maximum atomic E-state index is 13.3. The molecule has 12 heteroatoms. The van der Waals surface area contributed by atoms with Crippen molar-refractivity contribution in [2.75, 3.05) is 13.2 Å². The van der Waals surface area contributed by atoms with Crippen LogP contribution in [-0.4, -0.2) is 117 Å². The molecule has 4 amide bonds. The van der Waals surface area contributed by atoms with E-state index in [1.54, 1.807) is 27.7 Å². The maximum absolute atomic E-state index is 13.3. The molecule has 4 aliphatic heterocycles. The molecule has 0 N–H and O–H groups in total. The second-order valence-corrected chi connectivity index (χ2v) is 15.2. The van der Waals surface area contributed by atoms with E-state index in [2.05, 4.69) is 0 Å². The zero-order valence-electron chi connectivity index (χ0n) is 31.1. The van der Waals surface area contributed by atoms with Crippen LogP contribution in [0.3, 0.4) is 0 Å². The van der Waals surface area contributed by atoms with Crippen molar-refractivity contribution < 1.29 is 38.2 Å². The number of hydrogen-bond donors (Lipinski definition) is 0. The van der Waals surface area contributed by atoms with Crippen LogP contribution in [0.4, 0.5) is 0 Å². The third-order valence-electron chi connectivity index (χ3n) is 12.2. The minimum Gasteiger partial charge on any atom is -0.464 e. The van der Waals surface area contributed by atoms with Crippen LogP contribution in [0.5, 0.6) is 0 Å². The van der Waals surface area contributed by atoms with Gasteiger partial charge in [0.15, 0.2) is 0 Å². The fraction of sp³-hybridized carbons (Fsp3) is 0.842. The van der Waals surface area contributed by atoms with Gasteiger partial charge in [0.25, 0.3) is 0 Å². The lowest BCUT2D eigenvalue weighted by Crippen LogP contribution is -2.67. The van der Waals surface area contributed by atoms with Gasteiger partial charge in [-0.15, -0.1) is 0 Å². The highest BCUT2D eigenvalue weighted by Gasteiger charge is 2.57. The standard InChI is InChI=1S/2C19H30N2O4/c2*1-4-8-15(19(24)25-5-2)20-12(3)17(22)21-14-10-7-6-9-13(14)11-16(21)18(20)23/h2*12-16H,4-11H2,1-3H3/t2*12-,13-,14-,15-,16-/m00/s1. The van der Waals surface area contributed by atoms with Crippen LogP contribution in [0.2, 0.25) is 0 Å². The lowest BCUT2D eigenvalue weighted by atomic mass is 9.85. The van der Waals surface area contributed by atoms with Gasteiger partial charge in [-0.2, -0.15) is 0 Å². The Bertz CT molecular complexity index is 1200. The Kier molecular flexibility index (Phi) is 12.5. The molecule has 280 valence electrons. The van der Waals surface area contributed by atoms with Crippen molar-refractivity contribution in [2.45, 2.75) is 180 Å². The number of rotatable bonds is 10. The average Bonchev–Trinajstić information content (AvgIpc) is 3.70. The first-order valence-electron chi connectivity index (χ1n) is 19.6. The highest BCUT2D eigenvalue weighted by atomic mass is 16.5. The Hall–Kier alpha value is -3.18. The number of esters is 2. The molecule has 12 nitrogen and oxygen atoms in total. The molecule has 0 aromatic carbocycles. The van der Waals surface area contributed by atoms with Crippen molar-refractivity contribution >= 4 is 35.6 Å². The molecule has 0 spiro atoms. The second-order valence-electron chi connectivity index (χ2n) is 15.2. The molecular weight excluding hydrogens is 640 g/mol. The zero-order valence-corrected chi connectivity index (χ0v) is 31.1. The fourth-order valence-electron chi connectivity index (χ4n) is 10.0. The predicted molar refractivity (Wildman–Crippen MR) is 185 cm³/mol. The zero-order chi connectivity index (χ0) is 36.3. The van der Waals surface area contributed by atoms with Crippen LogP contribution in [0, 0.1) is 11.8 Å². The minimum absolute atomic E-state index is 0.00408. The Morgan fingerprint density at radius 3 is 1.30 bits per heavy atom. The summed E-state index contributed by atoms with van der Waals surface area (Å²) < 4.78 is 10.4. The lowest BCUT2D eigenvalue weighted by molar-refractivity contribution is -0.170. The molecule has 2 saturated carbocycles. The monoisotopic (exact) mass is 700 g/mol. The number of carbonyl (C=O) groups excluding carboxylic acids is 6. The number of piperazine rings is 2.